The summed E-state index contributed by atoms with van der Waals surface area (Å²) in [5.41, 5.74) is 1.30. The summed E-state index contributed by atoms with van der Waals surface area (Å²) in [6.07, 6.45) is 1.15. The molecular formula is C15H22N2O. The Labute approximate surface area is 109 Å². The Kier molecular flexibility index (Phi) is 4.37. The van der Waals surface area contributed by atoms with Gasteiger partial charge in [0.2, 0.25) is 5.91 Å². The fraction of sp³-hybridized carbons (Fsp3) is 0.533. The number of amides is 1. The minimum absolute atomic E-state index is 0.188. The summed E-state index contributed by atoms with van der Waals surface area (Å²) in [7, 11) is 0. The van der Waals surface area contributed by atoms with Gasteiger partial charge in [-0.05, 0) is 17.9 Å². The number of piperidine rings is 1. The van der Waals surface area contributed by atoms with E-state index in [0.29, 0.717) is 12.0 Å². The number of hydrogen-bond donors (Lipinski definition) is 1. The summed E-state index contributed by atoms with van der Waals surface area (Å²) in [5, 5.41) is 3.56. The molecule has 1 aliphatic heterocycles. The van der Waals surface area contributed by atoms with E-state index in [1.807, 2.05) is 11.0 Å². The lowest BCUT2D eigenvalue weighted by Gasteiger charge is -2.36. The molecule has 1 amide bonds. The van der Waals surface area contributed by atoms with Gasteiger partial charge in [0.1, 0.15) is 0 Å². The van der Waals surface area contributed by atoms with E-state index in [9.17, 15) is 4.79 Å². The quantitative estimate of drug-likeness (QED) is 0.885. The highest BCUT2D eigenvalue weighted by Gasteiger charge is 2.25. The second-order valence-electron chi connectivity index (χ2n) is 5.33. The van der Waals surface area contributed by atoms with Crippen LogP contribution in [0.2, 0.25) is 0 Å². The van der Waals surface area contributed by atoms with E-state index in [-0.39, 0.29) is 5.91 Å². The van der Waals surface area contributed by atoms with Crippen LogP contribution in [-0.4, -0.2) is 29.9 Å². The topological polar surface area (TPSA) is 32.3 Å². The third kappa shape index (κ3) is 3.57. The summed E-state index contributed by atoms with van der Waals surface area (Å²) in [4.78, 5) is 13.4. The van der Waals surface area contributed by atoms with Crippen molar-refractivity contribution < 1.29 is 4.79 Å². The summed E-state index contributed by atoms with van der Waals surface area (Å²) in [6, 6.07) is 10.8. The SMILES string of the molecule is CC(=O)N1CC(C)CC(NCc2ccccc2)C1. The van der Waals surface area contributed by atoms with Crippen molar-refractivity contribution in [3.63, 3.8) is 0 Å². The number of carbonyl (C=O) groups is 1. The summed E-state index contributed by atoms with van der Waals surface area (Å²) >= 11 is 0. The van der Waals surface area contributed by atoms with E-state index >= 15 is 0 Å². The van der Waals surface area contributed by atoms with Crippen LogP contribution >= 0.6 is 0 Å². The lowest BCUT2D eigenvalue weighted by molar-refractivity contribution is -0.131. The highest BCUT2D eigenvalue weighted by atomic mass is 16.2. The lowest BCUT2D eigenvalue weighted by Crippen LogP contribution is -2.49. The number of nitrogens with one attached hydrogen (secondary N) is 1. The van der Waals surface area contributed by atoms with Crippen molar-refractivity contribution in [3.05, 3.63) is 35.9 Å². The van der Waals surface area contributed by atoms with E-state index in [1.165, 1.54) is 5.56 Å². The average Bonchev–Trinajstić information content (AvgIpc) is 2.37. The standard InChI is InChI=1S/C15H22N2O/c1-12-8-15(11-17(10-12)13(2)18)16-9-14-6-4-3-5-7-14/h3-7,12,15-16H,8-11H2,1-2H3. The van der Waals surface area contributed by atoms with E-state index in [1.54, 1.807) is 6.92 Å². The monoisotopic (exact) mass is 246 g/mol. The van der Waals surface area contributed by atoms with Crippen molar-refractivity contribution in [2.45, 2.75) is 32.9 Å². The van der Waals surface area contributed by atoms with Crippen molar-refractivity contribution in [1.29, 1.82) is 0 Å². The number of nitrogens with zero attached hydrogens (tertiary/aromatic N) is 1. The van der Waals surface area contributed by atoms with Crippen LogP contribution in [0.1, 0.15) is 25.8 Å². The van der Waals surface area contributed by atoms with Crippen molar-refractivity contribution in [1.82, 2.24) is 10.2 Å². The number of rotatable bonds is 3. The Morgan fingerprint density at radius 2 is 2.06 bits per heavy atom. The Hall–Kier alpha value is -1.35. The zero-order valence-corrected chi connectivity index (χ0v) is 11.2. The largest absolute Gasteiger partial charge is 0.341 e. The van der Waals surface area contributed by atoms with Gasteiger partial charge in [0.05, 0.1) is 0 Å². The first-order valence-corrected chi connectivity index (χ1v) is 6.68. The van der Waals surface area contributed by atoms with Crippen LogP contribution in [0.3, 0.4) is 0 Å². The second kappa shape index (κ2) is 6.01. The first-order chi connectivity index (χ1) is 8.65. The number of likely N-dealkylation sites (tertiary alicyclic amines) is 1. The molecule has 2 unspecified atom stereocenters. The molecule has 1 aliphatic rings. The molecule has 2 rings (SSSR count). The van der Waals surface area contributed by atoms with Gasteiger partial charge in [0.15, 0.2) is 0 Å². The molecule has 3 nitrogen and oxygen atoms in total. The molecule has 3 heteroatoms. The van der Waals surface area contributed by atoms with Crippen molar-refractivity contribution in [3.8, 4) is 0 Å². The van der Waals surface area contributed by atoms with E-state index in [2.05, 4.69) is 36.5 Å². The summed E-state index contributed by atoms with van der Waals surface area (Å²) < 4.78 is 0. The second-order valence-corrected chi connectivity index (χ2v) is 5.33. The molecule has 1 fully saturated rings. The average molecular weight is 246 g/mol. The molecule has 1 aromatic carbocycles. The zero-order chi connectivity index (χ0) is 13.0. The highest BCUT2D eigenvalue weighted by molar-refractivity contribution is 5.73. The predicted octanol–water partition coefficient (Wildman–Crippen LogP) is 2.03. The molecule has 0 aromatic heterocycles. The van der Waals surface area contributed by atoms with Crippen LogP contribution in [0.5, 0.6) is 0 Å². The minimum Gasteiger partial charge on any atom is -0.341 e. The molecule has 0 spiro atoms. The van der Waals surface area contributed by atoms with Gasteiger partial charge in [-0.2, -0.15) is 0 Å². The van der Waals surface area contributed by atoms with Crippen molar-refractivity contribution >= 4 is 5.91 Å². The molecule has 18 heavy (non-hydrogen) atoms. The van der Waals surface area contributed by atoms with Gasteiger partial charge in [-0.25, -0.2) is 0 Å². The molecule has 0 radical (unpaired) electrons. The summed E-state index contributed by atoms with van der Waals surface area (Å²) in [6.45, 7) is 6.49. The van der Waals surface area contributed by atoms with Crippen LogP contribution < -0.4 is 5.32 Å². The molecule has 0 bridgehead atoms. The Morgan fingerprint density at radius 3 is 2.72 bits per heavy atom. The van der Waals surface area contributed by atoms with Crippen molar-refractivity contribution in [2.75, 3.05) is 13.1 Å². The van der Waals surface area contributed by atoms with Gasteiger partial charge < -0.3 is 10.2 Å². The number of carbonyl (C=O) groups excluding carboxylic acids is 1. The molecule has 1 N–H and O–H groups in total. The van der Waals surface area contributed by atoms with Gasteiger partial charge >= 0.3 is 0 Å². The third-order valence-electron chi connectivity index (χ3n) is 3.54. The van der Waals surface area contributed by atoms with Gasteiger partial charge in [0.25, 0.3) is 0 Å². The Balaban J connectivity index is 1.87. The van der Waals surface area contributed by atoms with Crippen LogP contribution in [0.4, 0.5) is 0 Å². The van der Waals surface area contributed by atoms with Crippen LogP contribution in [-0.2, 0) is 11.3 Å². The minimum atomic E-state index is 0.188. The Bertz CT molecular complexity index is 391. The van der Waals surface area contributed by atoms with Gasteiger partial charge in [0, 0.05) is 32.6 Å². The first-order valence-electron chi connectivity index (χ1n) is 6.68. The van der Waals surface area contributed by atoms with Crippen molar-refractivity contribution in [2.24, 2.45) is 5.92 Å². The fourth-order valence-electron chi connectivity index (χ4n) is 2.61. The zero-order valence-electron chi connectivity index (χ0n) is 11.2. The number of hydrogen-bond acceptors (Lipinski definition) is 2. The van der Waals surface area contributed by atoms with Crippen LogP contribution in [0, 0.1) is 5.92 Å². The van der Waals surface area contributed by atoms with E-state index < -0.39 is 0 Å². The highest BCUT2D eigenvalue weighted by Crippen LogP contribution is 2.16. The molecule has 1 aromatic rings. The molecule has 1 heterocycles. The third-order valence-corrected chi connectivity index (χ3v) is 3.54. The van der Waals surface area contributed by atoms with Gasteiger partial charge in [-0.15, -0.1) is 0 Å². The van der Waals surface area contributed by atoms with Gasteiger partial charge in [-0.1, -0.05) is 37.3 Å². The molecule has 98 valence electrons. The molecule has 0 saturated carbocycles. The number of benzene rings is 1. The van der Waals surface area contributed by atoms with E-state index in [0.717, 1.165) is 26.1 Å². The fourth-order valence-corrected chi connectivity index (χ4v) is 2.61. The maximum Gasteiger partial charge on any atom is 0.219 e. The molecule has 0 aliphatic carbocycles. The van der Waals surface area contributed by atoms with Gasteiger partial charge in [-0.3, -0.25) is 4.79 Å². The Morgan fingerprint density at radius 1 is 1.33 bits per heavy atom. The molecule has 2 atom stereocenters. The van der Waals surface area contributed by atoms with Crippen LogP contribution in [0.25, 0.3) is 0 Å². The van der Waals surface area contributed by atoms with E-state index in [4.69, 9.17) is 0 Å². The summed E-state index contributed by atoms with van der Waals surface area (Å²) in [5.74, 6) is 0.768. The normalized spacial score (nSPS) is 24.0. The first kappa shape index (κ1) is 13.1. The maximum absolute atomic E-state index is 11.5. The maximum atomic E-state index is 11.5. The van der Waals surface area contributed by atoms with Crippen LogP contribution in [0.15, 0.2) is 30.3 Å². The molecule has 1 saturated heterocycles. The molecular weight excluding hydrogens is 224 g/mol. The smallest absolute Gasteiger partial charge is 0.219 e. The predicted molar refractivity (Wildman–Crippen MR) is 73.1 cm³/mol. The lowest BCUT2D eigenvalue weighted by atomic mass is 9.95.